The van der Waals surface area contributed by atoms with E-state index in [2.05, 4.69) is 0 Å². The second kappa shape index (κ2) is 6.05. The van der Waals surface area contributed by atoms with Gasteiger partial charge in [0.25, 0.3) is 0 Å². The number of aromatic carboxylic acids is 1. The van der Waals surface area contributed by atoms with Gasteiger partial charge in [-0.1, -0.05) is 6.92 Å². The fourth-order valence-electron chi connectivity index (χ4n) is 2.19. The van der Waals surface area contributed by atoms with Crippen molar-refractivity contribution >= 4 is 29.3 Å². The summed E-state index contributed by atoms with van der Waals surface area (Å²) in [5, 5.41) is 9.22. The number of aromatic nitrogens is 1. The molecule has 4 nitrogen and oxygen atoms in total. The molecular weight excluding hydrogens is 285 g/mol. The molecular formula is C14H15ClFNO3. The minimum atomic E-state index is -1.29. The maximum atomic E-state index is 13.6. The monoisotopic (exact) mass is 299 g/mol. The number of pyridine rings is 1. The molecule has 20 heavy (non-hydrogen) atoms. The van der Waals surface area contributed by atoms with Crippen molar-refractivity contribution in [2.45, 2.75) is 26.8 Å². The van der Waals surface area contributed by atoms with Crippen LogP contribution in [0.4, 0.5) is 4.39 Å². The van der Waals surface area contributed by atoms with Crippen LogP contribution in [-0.2, 0) is 6.54 Å². The SMILES string of the molecule is CCCn1cc(C(=O)O)c(=O)c2c(C)c(F)ccc21.Cl. The zero-order chi connectivity index (χ0) is 14.2. The molecule has 1 heterocycles. The van der Waals surface area contributed by atoms with E-state index in [4.69, 9.17) is 5.11 Å². The number of fused-ring (bicyclic) bond motifs is 1. The summed E-state index contributed by atoms with van der Waals surface area (Å²) in [7, 11) is 0. The van der Waals surface area contributed by atoms with E-state index in [0.717, 1.165) is 6.42 Å². The minimum absolute atomic E-state index is 0. The maximum Gasteiger partial charge on any atom is 0.341 e. The van der Waals surface area contributed by atoms with Gasteiger partial charge in [-0.25, -0.2) is 9.18 Å². The van der Waals surface area contributed by atoms with E-state index in [-0.39, 0.29) is 28.9 Å². The predicted molar refractivity (Wildman–Crippen MR) is 77.4 cm³/mol. The minimum Gasteiger partial charge on any atom is -0.477 e. The van der Waals surface area contributed by atoms with Gasteiger partial charge in [-0.05, 0) is 31.0 Å². The normalized spacial score (nSPS) is 10.3. The Morgan fingerprint density at radius 2 is 2.05 bits per heavy atom. The van der Waals surface area contributed by atoms with E-state index in [9.17, 15) is 14.0 Å². The molecule has 0 unspecified atom stereocenters. The molecule has 1 aromatic heterocycles. The van der Waals surface area contributed by atoms with Gasteiger partial charge >= 0.3 is 5.97 Å². The Kier molecular flexibility index (Phi) is 4.89. The molecule has 0 spiro atoms. The summed E-state index contributed by atoms with van der Waals surface area (Å²) in [6.07, 6.45) is 2.11. The lowest BCUT2D eigenvalue weighted by atomic mass is 10.1. The average molecular weight is 300 g/mol. The van der Waals surface area contributed by atoms with Crippen molar-refractivity contribution in [3.05, 3.63) is 45.5 Å². The van der Waals surface area contributed by atoms with Gasteiger partial charge in [0, 0.05) is 12.7 Å². The number of carboxylic acids is 1. The number of halogens is 2. The molecule has 1 aromatic carbocycles. The molecule has 0 radical (unpaired) electrons. The molecule has 0 atom stereocenters. The van der Waals surface area contributed by atoms with Gasteiger partial charge in [0.2, 0.25) is 5.43 Å². The number of aryl methyl sites for hydroxylation is 2. The molecule has 0 saturated heterocycles. The van der Waals surface area contributed by atoms with Crippen molar-refractivity contribution in [3.63, 3.8) is 0 Å². The summed E-state index contributed by atoms with van der Waals surface area (Å²) in [6.45, 7) is 4.00. The van der Waals surface area contributed by atoms with E-state index < -0.39 is 17.2 Å². The highest BCUT2D eigenvalue weighted by atomic mass is 35.5. The lowest BCUT2D eigenvalue weighted by Gasteiger charge is -2.13. The molecule has 0 amide bonds. The number of rotatable bonds is 3. The number of carboxylic acid groups (broad SMARTS) is 1. The van der Waals surface area contributed by atoms with E-state index >= 15 is 0 Å². The number of hydrogen-bond donors (Lipinski definition) is 1. The number of benzene rings is 1. The highest BCUT2D eigenvalue weighted by Crippen LogP contribution is 2.19. The third-order valence-electron chi connectivity index (χ3n) is 3.14. The first kappa shape index (κ1) is 16.2. The smallest absolute Gasteiger partial charge is 0.341 e. The zero-order valence-electron chi connectivity index (χ0n) is 11.1. The average Bonchev–Trinajstić information content (AvgIpc) is 2.36. The molecule has 1 N–H and O–H groups in total. The van der Waals surface area contributed by atoms with Crippen LogP contribution in [0.1, 0.15) is 29.3 Å². The van der Waals surface area contributed by atoms with Gasteiger partial charge in [-0.3, -0.25) is 4.79 Å². The van der Waals surface area contributed by atoms with Crippen LogP contribution in [0, 0.1) is 12.7 Å². The number of hydrogen-bond acceptors (Lipinski definition) is 2. The van der Waals surface area contributed by atoms with E-state index in [1.54, 1.807) is 4.57 Å². The number of carbonyl (C=O) groups is 1. The largest absolute Gasteiger partial charge is 0.477 e. The summed E-state index contributed by atoms with van der Waals surface area (Å²) in [4.78, 5) is 23.2. The molecule has 0 fully saturated rings. The molecule has 0 bridgehead atoms. The van der Waals surface area contributed by atoms with Gasteiger partial charge in [0.15, 0.2) is 0 Å². The molecule has 0 aliphatic carbocycles. The van der Waals surface area contributed by atoms with Crippen LogP contribution in [-0.4, -0.2) is 15.6 Å². The summed E-state index contributed by atoms with van der Waals surface area (Å²) < 4.78 is 15.3. The van der Waals surface area contributed by atoms with E-state index in [0.29, 0.717) is 12.1 Å². The molecule has 0 aliphatic heterocycles. The van der Waals surface area contributed by atoms with Crippen LogP contribution in [0.2, 0.25) is 0 Å². The fourth-order valence-corrected chi connectivity index (χ4v) is 2.19. The quantitative estimate of drug-likeness (QED) is 0.948. The highest BCUT2D eigenvalue weighted by Gasteiger charge is 2.17. The first-order valence-electron chi connectivity index (χ1n) is 6.03. The van der Waals surface area contributed by atoms with E-state index in [1.165, 1.54) is 25.3 Å². The first-order chi connectivity index (χ1) is 8.97. The van der Waals surface area contributed by atoms with Crippen LogP contribution < -0.4 is 5.43 Å². The molecule has 108 valence electrons. The van der Waals surface area contributed by atoms with Crippen molar-refractivity contribution < 1.29 is 14.3 Å². The zero-order valence-corrected chi connectivity index (χ0v) is 12.0. The molecule has 6 heteroatoms. The summed E-state index contributed by atoms with van der Waals surface area (Å²) in [6, 6.07) is 2.81. The third kappa shape index (κ3) is 2.54. The third-order valence-corrected chi connectivity index (χ3v) is 3.14. The molecule has 0 aliphatic rings. The summed E-state index contributed by atoms with van der Waals surface area (Å²) in [5.74, 6) is -1.80. The Balaban J connectivity index is 0.00000200. The summed E-state index contributed by atoms with van der Waals surface area (Å²) in [5.41, 5.74) is -0.201. The number of nitrogens with zero attached hydrogens (tertiary/aromatic N) is 1. The Hall–Kier alpha value is -1.88. The van der Waals surface area contributed by atoms with Crippen LogP contribution in [0.15, 0.2) is 23.1 Å². The van der Waals surface area contributed by atoms with Gasteiger partial charge < -0.3 is 9.67 Å². The standard InChI is InChI=1S/C14H14FNO3.ClH/c1-3-6-16-7-9(14(18)19)13(17)12-8(2)10(15)4-5-11(12)16;/h4-5,7H,3,6H2,1-2H3,(H,18,19);1H. The van der Waals surface area contributed by atoms with Crippen LogP contribution >= 0.6 is 12.4 Å². The molecule has 2 aromatic rings. The van der Waals surface area contributed by atoms with Crippen molar-refractivity contribution in [2.75, 3.05) is 0 Å². The molecule has 2 rings (SSSR count). The predicted octanol–water partition coefficient (Wildman–Crippen LogP) is 2.98. The van der Waals surface area contributed by atoms with Crippen molar-refractivity contribution in [3.8, 4) is 0 Å². The highest BCUT2D eigenvalue weighted by molar-refractivity contribution is 5.93. The van der Waals surface area contributed by atoms with Crippen LogP contribution in [0.5, 0.6) is 0 Å². The van der Waals surface area contributed by atoms with Crippen molar-refractivity contribution in [2.24, 2.45) is 0 Å². The van der Waals surface area contributed by atoms with Crippen molar-refractivity contribution in [1.82, 2.24) is 4.57 Å². The van der Waals surface area contributed by atoms with Gasteiger partial charge in [0.05, 0.1) is 10.9 Å². The van der Waals surface area contributed by atoms with Gasteiger partial charge in [-0.15, -0.1) is 12.4 Å². The van der Waals surface area contributed by atoms with E-state index in [1.807, 2.05) is 6.92 Å². The second-order valence-electron chi connectivity index (χ2n) is 4.44. The fraction of sp³-hybridized carbons (Fsp3) is 0.286. The lowest BCUT2D eigenvalue weighted by Crippen LogP contribution is -2.20. The Labute approximate surface area is 121 Å². The van der Waals surface area contributed by atoms with Crippen LogP contribution in [0.25, 0.3) is 10.9 Å². The van der Waals surface area contributed by atoms with Crippen LogP contribution in [0.3, 0.4) is 0 Å². The topological polar surface area (TPSA) is 59.3 Å². The van der Waals surface area contributed by atoms with Crippen molar-refractivity contribution in [1.29, 1.82) is 0 Å². The Morgan fingerprint density at radius 1 is 1.40 bits per heavy atom. The summed E-state index contributed by atoms with van der Waals surface area (Å²) >= 11 is 0. The Bertz CT molecular complexity index is 724. The maximum absolute atomic E-state index is 13.6. The van der Waals surface area contributed by atoms with Gasteiger partial charge in [-0.2, -0.15) is 0 Å². The molecule has 0 saturated carbocycles. The lowest BCUT2D eigenvalue weighted by molar-refractivity contribution is 0.0695. The van der Waals surface area contributed by atoms with Gasteiger partial charge in [0.1, 0.15) is 11.4 Å². The Morgan fingerprint density at radius 3 is 2.60 bits per heavy atom. The second-order valence-corrected chi connectivity index (χ2v) is 4.44. The first-order valence-corrected chi connectivity index (χ1v) is 6.03.